The average molecular weight is 287 g/mol. The van der Waals surface area contributed by atoms with Gasteiger partial charge in [0.05, 0.1) is 12.3 Å². The summed E-state index contributed by atoms with van der Waals surface area (Å²) in [7, 11) is 0. The van der Waals surface area contributed by atoms with Crippen LogP contribution in [0.4, 0.5) is 5.82 Å². The molecule has 0 radical (unpaired) electrons. The van der Waals surface area contributed by atoms with Gasteiger partial charge in [-0.25, -0.2) is 4.98 Å². The predicted molar refractivity (Wildman–Crippen MR) is 85.6 cm³/mol. The molecule has 0 aromatic carbocycles. The molecule has 0 saturated heterocycles. The number of rotatable bonds is 5. The highest BCUT2D eigenvalue weighted by Crippen LogP contribution is 2.31. The lowest BCUT2D eigenvalue weighted by molar-refractivity contribution is 0.275. The number of hydrogen-bond donors (Lipinski definition) is 1. The molecule has 0 atom stereocenters. The van der Waals surface area contributed by atoms with Crippen LogP contribution in [-0.4, -0.2) is 27.1 Å². The molecule has 1 saturated carbocycles. The number of anilines is 1. The highest BCUT2D eigenvalue weighted by atomic mass is 16.3. The van der Waals surface area contributed by atoms with E-state index in [0.29, 0.717) is 12.0 Å². The number of aliphatic hydroxyl groups excluding tert-OH is 1. The number of pyridine rings is 1. The van der Waals surface area contributed by atoms with Crippen molar-refractivity contribution in [1.82, 2.24) is 9.38 Å². The third-order valence-corrected chi connectivity index (χ3v) is 4.36. The summed E-state index contributed by atoms with van der Waals surface area (Å²) in [6.07, 6.45) is 7.08. The Morgan fingerprint density at radius 3 is 2.76 bits per heavy atom. The van der Waals surface area contributed by atoms with Crippen molar-refractivity contribution in [3.63, 3.8) is 0 Å². The Balaban J connectivity index is 2.05. The first-order chi connectivity index (χ1) is 10.2. The van der Waals surface area contributed by atoms with E-state index in [1.807, 2.05) is 28.8 Å². The average Bonchev–Trinajstić information content (AvgIpc) is 3.11. The van der Waals surface area contributed by atoms with E-state index in [9.17, 15) is 5.11 Å². The predicted octanol–water partition coefficient (Wildman–Crippen LogP) is 3.23. The van der Waals surface area contributed by atoms with Crippen LogP contribution in [0.15, 0.2) is 24.4 Å². The topological polar surface area (TPSA) is 40.8 Å². The van der Waals surface area contributed by atoms with Crippen molar-refractivity contribution in [2.24, 2.45) is 5.92 Å². The van der Waals surface area contributed by atoms with Crippen LogP contribution in [0, 0.1) is 5.92 Å². The Bertz CT molecular complexity index is 599. The first kappa shape index (κ1) is 14.4. The molecule has 0 amide bonds. The first-order valence-corrected chi connectivity index (χ1v) is 8.04. The van der Waals surface area contributed by atoms with Gasteiger partial charge in [-0.1, -0.05) is 32.8 Å². The summed E-state index contributed by atoms with van der Waals surface area (Å²) in [5.74, 6) is 1.56. The van der Waals surface area contributed by atoms with Crippen molar-refractivity contribution in [3.05, 3.63) is 30.1 Å². The van der Waals surface area contributed by atoms with Crippen LogP contribution in [0.5, 0.6) is 0 Å². The van der Waals surface area contributed by atoms with Gasteiger partial charge in [0.1, 0.15) is 5.65 Å². The number of aliphatic hydroxyl groups is 1. The number of imidazole rings is 1. The molecule has 114 valence electrons. The molecule has 0 aliphatic heterocycles. The lowest BCUT2D eigenvalue weighted by Crippen LogP contribution is -2.37. The quantitative estimate of drug-likeness (QED) is 0.918. The van der Waals surface area contributed by atoms with E-state index in [-0.39, 0.29) is 6.61 Å². The van der Waals surface area contributed by atoms with Gasteiger partial charge in [-0.3, -0.25) is 4.40 Å². The van der Waals surface area contributed by atoms with Gasteiger partial charge in [0, 0.05) is 18.8 Å². The monoisotopic (exact) mass is 287 g/mol. The van der Waals surface area contributed by atoms with Crippen LogP contribution >= 0.6 is 0 Å². The number of fused-ring (bicyclic) bond motifs is 1. The van der Waals surface area contributed by atoms with E-state index in [0.717, 1.165) is 23.7 Å². The van der Waals surface area contributed by atoms with Crippen molar-refractivity contribution < 1.29 is 5.11 Å². The zero-order valence-electron chi connectivity index (χ0n) is 13.0. The summed E-state index contributed by atoms with van der Waals surface area (Å²) in [4.78, 5) is 7.25. The van der Waals surface area contributed by atoms with Crippen LogP contribution < -0.4 is 4.90 Å². The zero-order valence-corrected chi connectivity index (χ0v) is 13.0. The molecule has 1 N–H and O–H groups in total. The van der Waals surface area contributed by atoms with Crippen LogP contribution in [0.1, 0.15) is 45.2 Å². The Labute approximate surface area is 126 Å². The number of aromatic nitrogens is 2. The Morgan fingerprint density at radius 2 is 2.10 bits per heavy atom. The van der Waals surface area contributed by atoms with Crippen LogP contribution in [0.25, 0.3) is 5.65 Å². The molecule has 2 aromatic heterocycles. The van der Waals surface area contributed by atoms with Gasteiger partial charge in [-0.05, 0) is 30.9 Å². The Morgan fingerprint density at radius 1 is 1.33 bits per heavy atom. The standard InChI is InChI=1S/C17H25N3O/c1-13(2)11-20(14-7-3-4-8-14)17-15(12-21)19-10-6-5-9-16(19)18-17/h5-6,9-10,13-14,21H,3-4,7-8,11-12H2,1-2H3. The van der Waals surface area contributed by atoms with Gasteiger partial charge < -0.3 is 10.0 Å². The second-order valence-corrected chi connectivity index (χ2v) is 6.45. The van der Waals surface area contributed by atoms with Gasteiger partial charge in [0.15, 0.2) is 5.82 Å². The van der Waals surface area contributed by atoms with Crippen LogP contribution in [0.3, 0.4) is 0 Å². The number of hydrogen-bond acceptors (Lipinski definition) is 3. The molecule has 3 rings (SSSR count). The summed E-state index contributed by atoms with van der Waals surface area (Å²) in [5, 5.41) is 9.84. The largest absolute Gasteiger partial charge is 0.390 e. The molecule has 1 aliphatic rings. The third-order valence-electron chi connectivity index (χ3n) is 4.36. The van der Waals surface area contributed by atoms with Crippen molar-refractivity contribution in [2.75, 3.05) is 11.4 Å². The lowest BCUT2D eigenvalue weighted by Gasteiger charge is -2.31. The second kappa shape index (κ2) is 6.06. The highest BCUT2D eigenvalue weighted by Gasteiger charge is 2.27. The molecule has 2 aromatic rings. The zero-order chi connectivity index (χ0) is 14.8. The molecule has 4 nitrogen and oxygen atoms in total. The van der Waals surface area contributed by atoms with Gasteiger partial charge >= 0.3 is 0 Å². The fraction of sp³-hybridized carbons (Fsp3) is 0.588. The van der Waals surface area contributed by atoms with Gasteiger partial charge in [0.2, 0.25) is 0 Å². The van der Waals surface area contributed by atoms with Gasteiger partial charge in [-0.15, -0.1) is 0 Å². The fourth-order valence-electron chi connectivity index (χ4n) is 3.43. The van der Waals surface area contributed by atoms with Crippen molar-refractivity contribution >= 4 is 11.5 Å². The summed E-state index contributed by atoms with van der Waals surface area (Å²) in [5.41, 5.74) is 1.83. The van der Waals surface area contributed by atoms with Gasteiger partial charge in [-0.2, -0.15) is 0 Å². The Kier molecular flexibility index (Phi) is 4.15. The minimum Gasteiger partial charge on any atom is -0.390 e. The van der Waals surface area contributed by atoms with E-state index in [4.69, 9.17) is 4.98 Å². The number of nitrogens with zero attached hydrogens (tertiary/aromatic N) is 3. The van der Waals surface area contributed by atoms with E-state index in [1.165, 1.54) is 25.7 Å². The lowest BCUT2D eigenvalue weighted by atomic mass is 10.1. The first-order valence-electron chi connectivity index (χ1n) is 8.04. The minimum absolute atomic E-state index is 0.0296. The smallest absolute Gasteiger partial charge is 0.153 e. The molecular formula is C17H25N3O. The molecule has 0 spiro atoms. The van der Waals surface area contributed by atoms with Crippen molar-refractivity contribution in [1.29, 1.82) is 0 Å². The minimum atomic E-state index is 0.0296. The summed E-state index contributed by atoms with van der Waals surface area (Å²) >= 11 is 0. The molecule has 2 heterocycles. The molecule has 1 aliphatic carbocycles. The van der Waals surface area contributed by atoms with E-state index in [2.05, 4.69) is 18.7 Å². The molecule has 0 bridgehead atoms. The van der Waals surface area contributed by atoms with E-state index < -0.39 is 0 Å². The van der Waals surface area contributed by atoms with Crippen LogP contribution in [-0.2, 0) is 6.61 Å². The van der Waals surface area contributed by atoms with Crippen LogP contribution in [0.2, 0.25) is 0 Å². The van der Waals surface area contributed by atoms with E-state index in [1.54, 1.807) is 0 Å². The maximum absolute atomic E-state index is 9.84. The maximum Gasteiger partial charge on any atom is 0.153 e. The Hall–Kier alpha value is -1.55. The second-order valence-electron chi connectivity index (χ2n) is 6.45. The molecule has 4 heteroatoms. The third kappa shape index (κ3) is 2.77. The SMILES string of the molecule is CC(C)CN(c1nc2ccccn2c1CO)C1CCCC1. The summed E-state index contributed by atoms with van der Waals surface area (Å²) < 4.78 is 2.01. The molecule has 1 fully saturated rings. The molecule has 0 unspecified atom stereocenters. The summed E-state index contributed by atoms with van der Waals surface area (Å²) in [6.45, 7) is 5.52. The highest BCUT2D eigenvalue weighted by molar-refractivity contribution is 5.56. The van der Waals surface area contributed by atoms with Crippen molar-refractivity contribution in [2.45, 2.75) is 52.2 Å². The van der Waals surface area contributed by atoms with Gasteiger partial charge in [0.25, 0.3) is 0 Å². The summed E-state index contributed by atoms with van der Waals surface area (Å²) in [6, 6.07) is 6.56. The normalized spacial score (nSPS) is 16.2. The fourth-order valence-corrected chi connectivity index (χ4v) is 3.43. The van der Waals surface area contributed by atoms with E-state index >= 15 is 0 Å². The molecular weight excluding hydrogens is 262 g/mol. The maximum atomic E-state index is 9.84. The molecule has 21 heavy (non-hydrogen) atoms. The van der Waals surface area contributed by atoms with Crippen molar-refractivity contribution in [3.8, 4) is 0 Å².